The summed E-state index contributed by atoms with van der Waals surface area (Å²) in [5.41, 5.74) is 11.2. The molecule has 0 radical (unpaired) electrons. The molecule has 56 heavy (non-hydrogen) atoms. The van der Waals surface area contributed by atoms with Crippen LogP contribution < -0.4 is 0 Å². The van der Waals surface area contributed by atoms with E-state index in [9.17, 15) is 0 Å². The van der Waals surface area contributed by atoms with Crippen molar-refractivity contribution in [3.63, 3.8) is 0 Å². The maximum atomic E-state index is 6.43. The van der Waals surface area contributed by atoms with Gasteiger partial charge in [0.1, 0.15) is 11.2 Å². The second-order valence-electron chi connectivity index (χ2n) is 14.0. The van der Waals surface area contributed by atoms with Gasteiger partial charge >= 0.3 is 0 Å². The van der Waals surface area contributed by atoms with E-state index in [2.05, 4.69) is 158 Å². The normalized spacial score (nSPS) is 11.6. The summed E-state index contributed by atoms with van der Waals surface area (Å²) in [5, 5.41) is 4.52. The summed E-state index contributed by atoms with van der Waals surface area (Å²) in [6.07, 6.45) is 0. The van der Waals surface area contributed by atoms with Gasteiger partial charge in [0.05, 0.1) is 0 Å². The van der Waals surface area contributed by atoms with E-state index < -0.39 is 0 Å². The van der Waals surface area contributed by atoms with Gasteiger partial charge in [0.15, 0.2) is 17.5 Å². The molecule has 0 saturated carbocycles. The standard InChI is InChI=1S/C51H31N3OS/c1-4-14-32(15-5-1)36-28-37(33-16-6-2-7-17-33)30-38(29-36)50-52-49(53-51(54-50)42-23-12-22-41-40-20-10-11-25-46(40)56-48(41)42)35-26-27-44-43(31-35)47-39(21-13-24-45(47)55-44)34-18-8-3-9-19-34/h1-31H. The third kappa shape index (κ3) is 5.56. The average Bonchev–Trinajstić information content (AvgIpc) is 3.85. The predicted octanol–water partition coefficient (Wildman–Crippen LogP) is 14.1. The van der Waals surface area contributed by atoms with Gasteiger partial charge in [-0.3, -0.25) is 0 Å². The van der Waals surface area contributed by atoms with E-state index in [1.54, 1.807) is 11.3 Å². The molecule has 0 aliphatic rings. The Bertz CT molecular complexity index is 3180. The maximum absolute atomic E-state index is 6.43. The van der Waals surface area contributed by atoms with E-state index in [-0.39, 0.29) is 0 Å². The second-order valence-corrected chi connectivity index (χ2v) is 15.0. The van der Waals surface area contributed by atoms with Crippen molar-refractivity contribution in [3.05, 3.63) is 188 Å². The lowest BCUT2D eigenvalue weighted by Gasteiger charge is -2.13. The van der Waals surface area contributed by atoms with Crippen molar-refractivity contribution in [3.8, 4) is 67.5 Å². The predicted molar refractivity (Wildman–Crippen MR) is 233 cm³/mol. The minimum absolute atomic E-state index is 0.600. The van der Waals surface area contributed by atoms with Crippen LogP contribution in [0.3, 0.4) is 0 Å². The average molecular weight is 734 g/mol. The SMILES string of the molecule is c1ccc(-c2cc(-c3ccccc3)cc(-c3nc(-c4ccc5oc6cccc(-c7ccccc7)c6c5c4)nc(-c4cccc5c4sc4ccccc45)n3)c2)cc1. The van der Waals surface area contributed by atoms with E-state index in [0.717, 1.165) is 76.7 Å². The first-order valence-corrected chi connectivity index (χ1v) is 19.5. The molecule has 4 nitrogen and oxygen atoms in total. The summed E-state index contributed by atoms with van der Waals surface area (Å²) in [7, 11) is 0. The molecular formula is C51H31N3OS. The molecule has 3 aromatic heterocycles. The van der Waals surface area contributed by atoms with Crippen LogP contribution in [0.1, 0.15) is 0 Å². The van der Waals surface area contributed by atoms with Crippen LogP contribution in [-0.2, 0) is 0 Å². The fraction of sp³-hybridized carbons (Fsp3) is 0. The van der Waals surface area contributed by atoms with Gasteiger partial charge in [0.2, 0.25) is 0 Å². The Morgan fingerprint density at radius 3 is 1.64 bits per heavy atom. The molecule has 0 bridgehead atoms. The summed E-state index contributed by atoms with van der Waals surface area (Å²) in [6.45, 7) is 0. The van der Waals surface area contributed by atoms with E-state index in [4.69, 9.17) is 19.4 Å². The number of hydrogen-bond acceptors (Lipinski definition) is 5. The van der Waals surface area contributed by atoms with Gasteiger partial charge in [-0.15, -0.1) is 11.3 Å². The van der Waals surface area contributed by atoms with E-state index >= 15 is 0 Å². The fourth-order valence-electron chi connectivity index (χ4n) is 7.85. The van der Waals surface area contributed by atoms with Crippen molar-refractivity contribution in [2.24, 2.45) is 0 Å². The maximum Gasteiger partial charge on any atom is 0.165 e. The van der Waals surface area contributed by atoms with Gasteiger partial charge in [-0.25, -0.2) is 15.0 Å². The third-order valence-corrected chi connectivity index (χ3v) is 11.7. The van der Waals surface area contributed by atoms with Crippen molar-refractivity contribution >= 4 is 53.4 Å². The second kappa shape index (κ2) is 13.3. The molecule has 5 heteroatoms. The van der Waals surface area contributed by atoms with Crippen molar-refractivity contribution < 1.29 is 4.42 Å². The number of nitrogens with zero attached hydrogens (tertiary/aromatic N) is 3. The molecule has 11 aromatic rings. The highest BCUT2D eigenvalue weighted by Crippen LogP contribution is 2.42. The van der Waals surface area contributed by atoms with Gasteiger partial charge in [0, 0.05) is 47.6 Å². The van der Waals surface area contributed by atoms with Crippen molar-refractivity contribution in [1.82, 2.24) is 15.0 Å². The van der Waals surface area contributed by atoms with Gasteiger partial charge in [0.25, 0.3) is 0 Å². The van der Waals surface area contributed by atoms with Crippen LogP contribution in [-0.4, -0.2) is 15.0 Å². The molecule has 0 saturated heterocycles. The van der Waals surface area contributed by atoms with Gasteiger partial charge in [-0.05, 0) is 88.0 Å². The summed E-state index contributed by atoms with van der Waals surface area (Å²) < 4.78 is 8.82. The number of rotatable bonds is 6. The fourth-order valence-corrected chi connectivity index (χ4v) is 9.06. The Morgan fingerprint density at radius 1 is 0.339 bits per heavy atom. The first-order chi connectivity index (χ1) is 27.7. The summed E-state index contributed by atoms with van der Waals surface area (Å²) in [6, 6.07) is 65.7. The molecule has 8 aromatic carbocycles. The number of thiophene rings is 1. The monoisotopic (exact) mass is 733 g/mol. The Balaban J connectivity index is 1.17. The molecule has 0 atom stereocenters. The Hall–Kier alpha value is -7.21. The minimum Gasteiger partial charge on any atom is -0.456 e. The molecule has 0 N–H and O–H groups in total. The molecule has 0 spiro atoms. The molecule has 0 fully saturated rings. The van der Waals surface area contributed by atoms with Crippen LogP contribution in [0, 0.1) is 0 Å². The van der Waals surface area contributed by atoms with E-state index in [1.165, 1.54) is 15.5 Å². The number of hydrogen-bond donors (Lipinski definition) is 0. The van der Waals surface area contributed by atoms with Crippen LogP contribution in [0.2, 0.25) is 0 Å². The molecule has 0 aliphatic heterocycles. The van der Waals surface area contributed by atoms with Gasteiger partial charge in [-0.2, -0.15) is 0 Å². The molecule has 0 amide bonds. The Labute approximate surface area is 327 Å². The molecule has 3 heterocycles. The first-order valence-electron chi connectivity index (χ1n) is 18.7. The van der Waals surface area contributed by atoms with Gasteiger partial charge < -0.3 is 4.42 Å². The van der Waals surface area contributed by atoms with Crippen LogP contribution in [0.5, 0.6) is 0 Å². The minimum atomic E-state index is 0.600. The van der Waals surface area contributed by atoms with Crippen LogP contribution in [0.25, 0.3) is 110 Å². The number of fused-ring (bicyclic) bond motifs is 6. The van der Waals surface area contributed by atoms with Gasteiger partial charge in [-0.1, -0.05) is 133 Å². The highest BCUT2D eigenvalue weighted by molar-refractivity contribution is 7.26. The quantitative estimate of drug-likeness (QED) is 0.171. The lowest BCUT2D eigenvalue weighted by atomic mass is 9.96. The molecule has 0 aliphatic carbocycles. The zero-order valence-electron chi connectivity index (χ0n) is 30.1. The molecule has 11 rings (SSSR count). The van der Waals surface area contributed by atoms with Crippen LogP contribution >= 0.6 is 11.3 Å². The van der Waals surface area contributed by atoms with E-state index in [0.29, 0.717) is 17.5 Å². The van der Waals surface area contributed by atoms with Crippen molar-refractivity contribution in [2.75, 3.05) is 0 Å². The Morgan fingerprint density at radius 2 is 0.911 bits per heavy atom. The van der Waals surface area contributed by atoms with Crippen molar-refractivity contribution in [2.45, 2.75) is 0 Å². The number of benzene rings is 8. The lowest BCUT2D eigenvalue weighted by Crippen LogP contribution is -2.01. The number of aromatic nitrogens is 3. The zero-order chi connectivity index (χ0) is 37.0. The third-order valence-electron chi connectivity index (χ3n) is 10.5. The van der Waals surface area contributed by atoms with Crippen LogP contribution in [0.4, 0.5) is 0 Å². The smallest absolute Gasteiger partial charge is 0.165 e. The lowest BCUT2D eigenvalue weighted by molar-refractivity contribution is 0.669. The largest absolute Gasteiger partial charge is 0.456 e. The summed E-state index contributed by atoms with van der Waals surface area (Å²) >= 11 is 1.78. The molecular weight excluding hydrogens is 703 g/mol. The highest BCUT2D eigenvalue weighted by Gasteiger charge is 2.20. The van der Waals surface area contributed by atoms with E-state index in [1.807, 2.05) is 30.3 Å². The first kappa shape index (κ1) is 32.2. The topological polar surface area (TPSA) is 51.8 Å². The van der Waals surface area contributed by atoms with Crippen molar-refractivity contribution in [1.29, 1.82) is 0 Å². The summed E-state index contributed by atoms with van der Waals surface area (Å²) in [5.74, 6) is 1.85. The summed E-state index contributed by atoms with van der Waals surface area (Å²) in [4.78, 5) is 15.9. The zero-order valence-corrected chi connectivity index (χ0v) is 30.9. The van der Waals surface area contributed by atoms with Crippen LogP contribution in [0.15, 0.2) is 192 Å². The Kier molecular flexibility index (Phi) is 7.64. The number of furan rings is 1. The highest BCUT2D eigenvalue weighted by atomic mass is 32.1. The molecule has 0 unspecified atom stereocenters. The molecule has 262 valence electrons.